The van der Waals surface area contributed by atoms with Crippen LogP contribution in [0, 0.1) is 5.82 Å². The normalized spacial score (nSPS) is 17.9. The van der Waals surface area contributed by atoms with E-state index in [4.69, 9.17) is 9.47 Å². The number of carbonyl (C=O) groups excluding carboxylic acids is 1. The van der Waals surface area contributed by atoms with Crippen LogP contribution in [0.4, 0.5) is 10.1 Å². The van der Waals surface area contributed by atoms with Crippen LogP contribution < -0.4 is 14.8 Å². The van der Waals surface area contributed by atoms with Gasteiger partial charge in [0.15, 0.2) is 11.5 Å². The van der Waals surface area contributed by atoms with Crippen LogP contribution in [0.1, 0.15) is 43.4 Å². The molecule has 2 aliphatic rings. The Hall–Kier alpha value is -2.21. The summed E-state index contributed by atoms with van der Waals surface area (Å²) in [5.74, 6) is 0.788. The monoisotopic (exact) mass is 387 g/mol. The SMILES string of the molecule is CC(SCC(=O)Nc1ccc2c(c1)OC1(CCCC1)O2)c1ccccc1F. The van der Waals surface area contributed by atoms with Gasteiger partial charge in [-0.25, -0.2) is 4.39 Å². The van der Waals surface area contributed by atoms with Gasteiger partial charge >= 0.3 is 0 Å². The highest BCUT2D eigenvalue weighted by Crippen LogP contribution is 2.47. The Morgan fingerprint density at radius 3 is 2.70 bits per heavy atom. The number of anilines is 1. The maximum absolute atomic E-state index is 13.8. The van der Waals surface area contributed by atoms with E-state index in [1.807, 2.05) is 25.1 Å². The molecule has 1 fully saturated rings. The molecule has 0 saturated heterocycles. The first kappa shape index (κ1) is 18.2. The minimum absolute atomic E-state index is 0.101. The molecule has 0 bridgehead atoms. The average molecular weight is 387 g/mol. The number of halogens is 1. The van der Waals surface area contributed by atoms with Crippen LogP contribution in [0.15, 0.2) is 42.5 Å². The first-order valence-corrected chi connectivity index (χ1v) is 10.3. The van der Waals surface area contributed by atoms with Crippen LogP contribution in [0.5, 0.6) is 11.5 Å². The van der Waals surface area contributed by atoms with Gasteiger partial charge in [-0.05, 0) is 38.0 Å². The highest BCUT2D eigenvalue weighted by Gasteiger charge is 2.44. The van der Waals surface area contributed by atoms with Crippen LogP contribution in [-0.4, -0.2) is 17.4 Å². The zero-order valence-electron chi connectivity index (χ0n) is 15.2. The molecule has 1 saturated carbocycles. The average Bonchev–Trinajstić information content (AvgIpc) is 3.25. The van der Waals surface area contributed by atoms with E-state index < -0.39 is 5.79 Å². The number of carbonyl (C=O) groups is 1. The van der Waals surface area contributed by atoms with E-state index in [1.165, 1.54) is 17.8 Å². The van der Waals surface area contributed by atoms with Gasteiger partial charge in [0.25, 0.3) is 5.79 Å². The lowest BCUT2D eigenvalue weighted by molar-refractivity contribution is -0.113. The van der Waals surface area contributed by atoms with Gasteiger partial charge in [-0.2, -0.15) is 0 Å². The second kappa shape index (κ2) is 7.43. The van der Waals surface area contributed by atoms with Crippen molar-refractivity contribution in [1.82, 2.24) is 0 Å². The van der Waals surface area contributed by atoms with Crippen molar-refractivity contribution in [3.05, 3.63) is 53.8 Å². The molecule has 1 atom stereocenters. The zero-order valence-corrected chi connectivity index (χ0v) is 16.0. The van der Waals surface area contributed by atoms with Crippen molar-refractivity contribution < 1.29 is 18.7 Å². The Morgan fingerprint density at radius 1 is 1.19 bits per heavy atom. The molecule has 1 amide bonds. The Bertz CT molecular complexity index is 851. The molecule has 1 aliphatic carbocycles. The number of hydrogen-bond acceptors (Lipinski definition) is 4. The summed E-state index contributed by atoms with van der Waals surface area (Å²) in [5, 5.41) is 2.78. The molecule has 6 heteroatoms. The summed E-state index contributed by atoms with van der Waals surface area (Å²) < 4.78 is 25.8. The molecule has 0 radical (unpaired) electrons. The highest BCUT2D eigenvalue weighted by molar-refractivity contribution is 8.00. The third kappa shape index (κ3) is 3.90. The molecular weight excluding hydrogens is 365 g/mol. The number of thioether (sulfide) groups is 1. The molecule has 1 unspecified atom stereocenters. The zero-order chi connectivity index (χ0) is 18.9. The van der Waals surface area contributed by atoms with Gasteiger partial charge in [-0.15, -0.1) is 11.8 Å². The fourth-order valence-electron chi connectivity index (χ4n) is 3.58. The standard InChI is InChI=1S/C21H22FNO3S/c1-14(16-6-2-3-7-17(16)22)27-13-20(24)23-15-8-9-18-19(12-15)26-21(25-18)10-4-5-11-21/h2-3,6-9,12,14H,4-5,10-11,13H2,1H3,(H,23,24). The summed E-state index contributed by atoms with van der Waals surface area (Å²) in [6, 6.07) is 12.1. The number of fused-ring (bicyclic) bond motifs is 1. The Kier molecular flexibility index (Phi) is 5.00. The van der Waals surface area contributed by atoms with Crippen LogP contribution in [0.3, 0.4) is 0 Å². The Labute approximate surface area is 162 Å². The number of hydrogen-bond donors (Lipinski definition) is 1. The molecule has 1 spiro atoms. The fraction of sp³-hybridized carbons (Fsp3) is 0.381. The van der Waals surface area contributed by atoms with Gasteiger partial charge in [-0.3, -0.25) is 4.79 Å². The predicted molar refractivity (Wildman–Crippen MR) is 105 cm³/mol. The number of nitrogens with one attached hydrogen (secondary N) is 1. The largest absolute Gasteiger partial charge is 0.448 e. The first-order valence-electron chi connectivity index (χ1n) is 9.23. The van der Waals surface area contributed by atoms with E-state index in [-0.39, 0.29) is 22.7 Å². The molecule has 27 heavy (non-hydrogen) atoms. The molecule has 0 aromatic heterocycles. The highest BCUT2D eigenvalue weighted by atomic mass is 32.2. The third-order valence-corrected chi connectivity index (χ3v) is 6.18. The maximum Gasteiger partial charge on any atom is 0.251 e. The second-order valence-corrected chi connectivity index (χ2v) is 8.34. The molecule has 1 aliphatic heterocycles. The van der Waals surface area contributed by atoms with Crippen LogP contribution in [0.25, 0.3) is 0 Å². The molecule has 2 aromatic carbocycles. The second-order valence-electron chi connectivity index (χ2n) is 7.01. The third-order valence-electron chi connectivity index (χ3n) is 4.99. The van der Waals surface area contributed by atoms with Crippen LogP contribution in [-0.2, 0) is 4.79 Å². The van der Waals surface area contributed by atoms with Crippen molar-refractivity contribution in [1.29, 1.82) is 0 Å². The van der Waals surface area contributed by atoms with Gasteiger partial charge < -0.3 is 14.8 Å². The molecule has 4 nitrogen and oxygen atoms in total. The molecule has 142 valence electrons. The summed E-state index contributed by atoms with van der Waals surface area (Å²) in [6.45, 7) is 1.90. The first-order chi connectivity index (χ1) is 13.0. The van der Waals surface area contributed by atoms with Gasteiger partial charge in [-0.1, -0.05) is 18.2 Å². The lowest BCUT2D eigenvalue weighted by Crippen LogP contribution is -2.34. The Morgan fingerprint density at radius 2 is 1.93 bits per heavy atom. The fourth-order valence-corrected chi connectivity index (χ4v) is 4.43. The Balaban J connectivity index is 1.34. The smallest absolute Gasteiger partial charge is 0.251 e. The van der Waals surface area contributed by atoms with E-state index >= 15 is 0 Å². The van der Waals surface area contributed by atoms with Crippen LogP contribution in [0.2, 0.25) is 0 Å². The van der Waals surface area contributed by atoms with E-state index in [0.717, 1.165) is 31.4 Å². The molecule has 1 N–H and O–H groups in total. The van der Waals surface area contributed by atoms with Gasteiger partial charge in [0, 0.05) is 35.4 Å². The van der Waals surface area contributed by atoms with E-state index in [9.17, 15) is 9.18 Å². The topological polar surface area (TPSA) is 47.6 Å². The van der Waals surface area contributed by atoms with Crippen molar-refractivity contribution in [2.45, 2.75) is 43.6 Å². The van der Waals surface area contributed by atoms with E-state index in [1.54, 1.807) is 18.2 Å². The number of benzene rings is 2. The van der Waals surface area contributed by atoms with Crippen LogP contribution >= 0.6 is 11.8 Å². The van der Waals surface area contributed by atoms with Gasteiger partial charge in [0.05, 0.1) is 5.75 Å². The van der Waals surface area contributed by atoms with Crippen molar-refractivity contribution in [3.8, 4) is 11.5 Å². The predicted octanol–water partition coefficient (Wildman–Crippen LogP) is 5.30. The summed E-state index contributed by atoms with van der Waals surface area (Å²) >= 11 is 1.40. The van der Waals surface area contributed by atoms with Crippen molar-refractivity contribution in [2.75, 3.05) is 11.1 Å². The van der Waals surface area contributed by atoms with Gasteiger partial charge in [0.2, 0.25) is 5.91 Å². The quantitative estimate of drug-likeness (QED) is 0.756. The van der Waals surface area contributed by atoms with E-state index in [0.29, 0.717) is 17.0 Å². The summed E-state index contributed by atoms with van der Waals surface area (Å²) in [4.78, 5) is 12.3. The number of rotatable bonds is 5. The van der Waals surface area contributed by atoms with E-state index in [2.05, 4.69) is 5.32 Å². The van der Waals surface area contributed by atoms with Crippen molar-refractivity contribution in [3.63, 3.8) is 0 Å². The molecule has 2 aromatic rings. The molecular formula is C21H22FNO3S. The summed E-state index contributed by atoms with van der Waals surface area (Å²) in [5.41, 5.74) is 1.29. The molecule has 1 heterocycles. The molecule has 4 rings (SSSR count). The lowest BCUT2D eigenvalue weighted by atomic mass is 10.1. The number of amides is 1. The van der Waals surface area contributed by atoms with Crippen molar-refractivity contribution in [2.24, 2.45) is 0 Å². The number of ether oxygens (including phenoxy) is 2. The minimum atomic E-state index is -0.504. The van der Waals surface area contributed by atoms with Crippen molar-refractivity contribution >= 4 is 23.4 Å². The summed E-state index contributed by atoms with van der Waals surface area (Å²) in [6.07, 6.45) is 4.01. The maximum atomic E-state index is 13.8. The van der Waals surface area contributed by atoms with Gasteiger partial charge in [0.1, 0.15) is 5.82 Å². The minimum Gasteiger partial charge on any atom is -0.448 e. The summed E-state index contributed by atoms with van der Waals surface area (Å²) in [7, 11) is 0. The lowest BCUT2D eigenvalue weighted by Gasteiger charge is -2.21.